The van der Waals surface area contributed by atoms with E-state index in [9.17, 15) is 4.79 Å². The third-order valence-corrected chi connectivity index (χ3v) is 3.16. The molecule has 1 aromatic carbocycles. The summed E-state index contributed by atoms with van der Waals surface area (Å²) < 4.78 is 0.994. The molecule has 0 aromatic heterocycles. The van der Waals surface area contributed by atoms with Gasteiger partial charge >= 0.3 is 0 Å². The highest BCUT2D eigenvalue weighted by Gasteiger charge is 2.27. The molecular formula is C13H19BrN2O. The first-order chi connectivity index (χ1) is 7.71. The van der Waals surface area contributed by atoms with Gasteiger partial charge < -0.3 is 11.1 Å². The van der Waals surface area contributed by atoms with Gasteiger partial charge in [-0.3, -0.25) is 4.79 Å². The fraction of sp³-hybridized carbons (Fsp3) is 0.462. The van der Waals surface area contributed by atoms with Crippen molar-refractivity contribution < 1.29 is 4.79 Å². The molecule has 0 aliphatic carbocycles. The van der Waals surface area contributed by atoms with Crippen molar-refractivity contribution in [3.8, 4) is 0 Å². The number of rotatable bonds is 2. The van der Waals surface area contributed by atoms with Crippen LogP contribution in [-0.4, -0.2) is 11.9 Å². The normalized spacial score (nSPS) is 13.3. The number of nitrogens with one attached hydrogen (secondary N) is 1. The van der Waals surface area contributed by atoms with Crippen molar-refractivity contribution in [2.75, 3.05) is 5.32 Å². The molecular weight excluding hydrogens is 280 g/mol. The zero-order valence-electron chi connectivity index (χ0n) is 10.7. The third kappa shape index (κ3) is 3.82. The molecule has 0 aliphatic heterocycles. The second-order valence-corrected chi connectivity index (χ2v) is 6.21. The summed E-state index contributed by atoms with van der Waals surface area (Å²) >= 11 is 3.39. The molecule has 94 valence electrons. The lowest BCUT2D eigenvalue weighted by atomic mass is 9.87. The Labute approximate surface area is 111 Å². The summed E-state index contributed by atoms with van der Waals surface area (Å²) in [5.74, 6) is -0.150. The van der Waals surface area contributed by atoms with E-state index in [1.807, 2.05) is 45.9 Å². The van der Waals surface area contributed by atoms with Crippen molar-refractivity contribution >= 4 is 27.5 Å². The molecule has 17 heavy (non-hydrogen) atoms. The van der Waals surface area contributed by atoms with E-state index in [4.69, 9.17) is 5.73 Å². The molecule has 0 radical (unpaired) electrons. The summed E-state index contributed by atoms with van der Waals surface area (Å²) in [6, 6.07) is 5.20. The summed E-state index contributed by atoms with van der Waals surface area (Å²) in [5, 5.41) is 2.86. The van der Waals surface area contributed by atoms with E-state index in [-0.39, 0.29) is 11.3 Å². The van der Waals surface area contributed by atoms with Crippen LogP contribution in [0.3, 0.4) is 0 Å². The zero-order chi connectivity index (χ0) is 13.2. The number of halogens is 1. The van der Waals surface area contributed by atoms with E-state index >= 15 is 0 Å². The van der Waals surface area contributed by atoms with E-state index in [0.717, 1.165) is 15.7 Å². The number of hydrogen-bond acceptors (Lipinski definition) is 2. The molecule has 1 amide bonds. The number of carbonyl (C=O) groups excluding carboxylic acids is 1. The Kier molecular flexibility index (Phi) is 4.33. The minimum Gasteiger partial charge on any atom is -0.324 e. The van der Waals surface area contributed by atoms with Crippen LogP contribution in [0.25, 0.3) is 0 Å². The third-order valence-electron chi connectivity index (χ3n) is 2.66. The van der Waals surface area contributed by atoms with E-state index in [2.05, 4.69) is 21.2 Å². The molecule has 1 atom stereocenters. The van der Waals surface area contributed by atoms with Crippen molar-refractivity contribution in [1.29, 1.82) is 0 Å². The lowest BCUT2D eigenvalue weighted by Crippen LogP contribution is -2.45. The second-order valence-electron chi connectivity index (χ2n) is 5.29. The fourth-order valence-electron chi connectivity index (χ4n) is 1.37. The maximum atomic E-state index is 11.9. The van der Waals surface area contributed by atoms with Gasteiger partial charge in [0.2, 0.25) is 5.91 Å². The standard InChI is InChI=1S/C13H19BrN2O/c1-8-7-9(14)5-6-10(8)16-12(17)11(15)13(2,3)4/h5-7,11H,15H2,1-4H3,(H,16,17)/t11-/m0/s1. The summed E-state index contributed by atoms with van der Waals surface area (Å²) in [6.45, 7) is 7.80. The number of aryl methyl sites for hydroxylation is 1. The number of benzene rings is 1. The monoisotopic (exact) mass is 298 g/mol. The Hall–Kier alpha value is -0.870. The smallest absolute Gasteiger partial charge is 0.241 e. The Morgan fingerprint density at radius 1 is 1.41 bits per heavy atom. The molecule has 0 unspecified atom stereocenters. The van der Waals surface area contributed by atoms with Crippen molar-refractivity contribution in [3.05, 3.63) is 28.2 Å². The highest BCUT2D eigenvalue weighted by Crippen LogP contribution is 2.22. The van der Waals surface area contributed by atoms with Crippen molar-refractivity contribution in [1.82, 2.24) is 0 Å². The predicted octanol–water partition coefficient (Wildman–Crippen LogP) is 3.07. The van der Waals surface area contributed by atoms with Crippen molar-refractivity contribution in [3.63, 3.8) is 0 Å². The van der Waals surface area contributed by atoms with Gasteiger partial charge in [-0.15, -0.1) is 0 Å². The lowest BCUT2D eigenvalue weighted by molar-refractivity contribution is -0.119. The van der Waals surface area contributed by atoms with Gasteiger partial charge in [0, 0.05) is 10.2 Å². The van der Waals surface area contributed by atoms with Crippen LogP contribution in [0.2, 0.25) is 0 Å². The SMILES string of the molecule is Cc1cc(Br)ccc1NC(=O)[C@H](N)C(C)(C)C. The van der Waals surface area contributed by atoms with E-state index in [1.165, 1.54) is 0 Å². The molecule has 0 aliphatic rings. The fourth-order valence-corrected chi connectivity index (χ4v) is 1.85. The highest BCUT2D eigenvalue weighted by molar-refractivity contribution is 9.10. The molecule has 0 fully saturated rings. The molecule has 1 rings (SSSR count). The van der Waals surface area contributed by atoms with Crippen LogP contribution < -0.4 is 11.1 Å². The van der Waals surface area contributed by atoms with Gasteiger partial charge in [-0.25, -0.2) is 0 Å². The molecule has 4 heteroatoms. The second kappa shape index (κ2) is 5.19. The number of hydrogen-bond donors (Lipinski definition) is 2. The molecule has 1 aromatic rings. The Morgan fingerprint density at radius 2 is 2.00 bits per heavy atom. The van der Waals surface area contributed by atoms with Gasteiger partial charge in [0.1, 0.15) is 0 Å². The summed E-state index contributed by atoms with van der Waals surface area (Å²) in [5.41, 5.74) is 7.47. The predicted molar refractivity (Wildman–Crippen MR) is 74.9 cm³/mol. The quantitative estimate of drug-likeness (QED) is 0.881. The highest BCUT2D eigenvalue weighted by atomic mass is 79.9. The van der Waals surface area contributed by atoms with Crippen molar-refractivity contribution in [2.45, 2.75) is 33.7 Å². The average Bonchev–Trinajstić information content (AvgIpc) is 2.19. The largest absolute Gasteiger partial charge is 0.324 e. The lowest BCUT2D eigenvalue weighted by Gasteiger charge is -2.26. The summed E-state index contributed by atoms with van der Waals surface area (Å²) in [7, 11) is 0. The van der Waals surface area contributed by atoms with E-state index in [0.29, 0.717) is 0 Å². The van der Waals surface area contributed by atoms with E-state index in [1.54, 1.807) is 0 Å². The molecule has 0 saturated heterocycles. The topological polar surface area (TPSA) is 55.1 Å². The van der Waals surface area contributed by atoms with Gasteiger partial charge in [-0.2, -0.15) is 0 Å². The first kappa shape index (κ1) is 14.2. The van der Waals surface area contributed by atoms with Crippen LogP contribution >= 0.6 is 15.9 Å². The molecule has 0 spiro atoms. The van der Waals surface area contributed by atoms with Gasteiger partial charge in [0.15, 0.2) is 0 Å². The molecule has 0 bridgehead atoms. The number of amides is 1. The average molecular weight is 299 g/mol. The van der Waals surface area contributed by atoms with Gasteiger partial charge in [0.25, 0.3) is 0 Å². The Balaban J connectivity index is 2.82. The van der Waals surface area contributed by atoms with Gasteiger partial charge in [-0.05, 0) is 36.1 Å². The summed E-state index contributed by atoms with van der Waals surface area (Å²) in [4.78, 5) is 11.9. The molecule has 0 heterocycles. The summed E-state index contributed by atoms with van der Waals surface area (Å²) in [6.07, 6.45) is 0. The Bertz CT molecular complexity index is 424. The maximum Gasteiger partial charge on any atom is 0.241 e. The van der Waals surface area contributed by atoms with Crippen LogP contribution in [0.15, 0.2) is 22.7 Å². The van der Waals surface area contributed by atoms with Crippen LogP contribution in [0.5, 0.6) is 0 Å². The van der Waals surface area contributed by atoms with Crippen molar-refractivity contribution in [2.24, 2.45) is 11.1 Å². The number of carbonyl (C=O) groups is 1. The number of anilines is 1. The van der Waals surface area contributed by atoms with Crippen LogP contribution in [0.1, 0.15) is 26.3 Å². The Morgan fingerprint density at radius 3 is 2.47 bits per heavy atom. The van der Waals surface area contributed by atoms with Crippen LogP contribution in [0.4, 0.5) is 5.69 Å². The zero-order valence-corrected chi connectivity index (χ0v) is 12.3. The molecule has 3 N–H and O–H groups in total. The van der Waals surface area contributed by atoms with Crippen LogP contribution in [-0.2, 0) is 4.79 Å². The van der Waals surface area contributed by atoms with Gasteiger partial charge in [-0.1, -0.05) is 36.7 Å². The minimum absolute atomic E-state index is 0.150. The van der Waals surface area contributed by atoms with Crippen LogP contribution in [0, 0.1) is 12.3 Å². The minimum atomic E-state index is -0.523. The number of nitrogens with two attached hydrogens (primary N) is 1. The maximum absolute atomic E-state index is 11.9. The molecule has 0 saturated carbocycles. The first-order valence-corrected chi connectivity index (χ1v) is 6.33. The molecule has 3 nitrogen and oxygen atoms in total. The van der Waals surface area contributed by atoms with Gasteiger partial charge in [0.05, 0.1) is 6.04 Å². The van der Waals surface area contributed by atoms with E-state index < -0.39 is 6.04 Å². The first-order valence-electron chi connectivity index (χ1n) is 5.54.